The Morgan fingerprint density at radius 1 is 0.717 bits per heavy atom. The molecule has 12 nitrogen and oxygen atoms in total. The fourth-order valence-electron chi connectivity index (χ4n) is 6.61. The summed E-state index contributed by atoms with van der Waals surface area (Å²) in [6.07, 6.45) is 8.71. The first kappa shape index (κ1) is 43.9. The second kappa shape index (κ2) is 21.0. The van der Waals surface area contributed by atoms with Gasteiger partial charge in [-0.05, 0) is 124 Å². The van der Waals surface area contributed by atoms with Crippen LogP contribution in [0.15, 0.2) is 101 Å². The first-order valence-corrected chi connectivity index (χ1v) is 21.8. The molecule has 2 aliphatic rings. The van der Waals surface area contributed by atoms with E-state index in [1.807, 2.05) is 55.8 Å². The summed E-state index contributed by atoms with van der Waals surface area (Å²) < 4.78 is 39.1. The Kier molecular flexibility index (Phi) is 15.4. The van der Waals surface area contributed by atoms with Crippen molar-refractivity contribution in [1.82, 2.24) is 30.8 Å². The summed E-state index contributed by atoms with van der Waals surface area (Å²) in [5.74, 6) is -1.18. The number of thioether (sulfide) groups is 2. The van der Waals surface area contributed by atoms with E-state index in [1.165, 1.54) is 0 Å². The molecule has 2 fully saturated rings. The van der Waals surface area contributed by atoms with Gasteiger partial charge in [0, 0.05) is 35.0 Å². The molecular formula is C44H46F2N6O6S2. The maximum Gasteiger partial charge on any atom is 0.257 e. The number of hydrogen-bond acceptors (Lipinski definition) is 11. The molecule has 0 aliphatic carbocycles. The zero-order valence-electron chi connectivity index (χ0n) is 33.4. The predicted molar refractivity (Wildman–Crippen MR) is 228 cm³/mol. The number of phenolic OH excluding ortho intramolecular Hbond substituents is 1. The monoisotopic (exact) mass is 856 g/mol. The van der Waals surface area contributed by atoms with Crippen molar-refractivity contribution >= 4 is 41.2 Å². The van der Waals surface area contributed by atoms with Gasteiger partial charge in [-0.25, -0.2) is 18.7 Å². The molecule has 5 aromatic rings. The van der Waals surface area contributed by atoms with Crippen LogP contribution in [0.4, 0.5) is 8.78 Å². The van der Waals surface area contributed by atoms with Crippen molar-refractivity contribution in [3.05, 3.63) is 125 Å². The van der Waals surface area contributed by atoms with E-state index in [9.17, 15) is 28.3 Å². The van der Waals surface area contributed by atoms with Crippen LogP contribution in [0.5, 0.6) is 29.0 Å². The van der Waals surface area contributed by atoms with Crippen LogP contribution >= 0.6 is 23.5 Å². The van der Waals surface area contributed by atoms with Gasteiger partial charge in [0.15, 0.2) is 0 Å². The number of likely N-dealkylation sites (tertiary alicyclic amines) is 1. The highest BCUT2D eigenvalue weighted by Gasteiger charge is 2.28. The number of amides is 3. The highest BCUT2D eigenvalue weighted by molar-refractivity contribution is 7.98. The highest BCUT2D eigenvalue weighted by atomic mass is 32.2. The van der Waals surface area contributed by atoms with Gasteiger partial charge in [0.25, 0.3) is 17.7 Å². The van der Waals surface area contributed by atoms with Crippen LogP contribution in [0.2, 0.25) is 0 Å². The average molecular weight is 857 g/mol. The van der Waals surface area contributed by atoms with E-state index in [2.05, 4.69) is 25.9 Å². The largest absolute Gasteiger partial charge is 0.507 e. The molecule has 3 amide bonds. The molecule has 0 bridgehead atoms. The normalized spacial score (nSPS) is 14.4. The molecule has 4 heterocycles. The van der Waals surface area contributed by atoms with Gasteiger partial charge in [-0.2, -0.15) is 0 Å². The Bertz CT molecular complexity index is 2310. The van der Waals surface area contributed by atoms with Crippen molar-refractivity contribution in [2.75, 3.05) is 38.7 Å². The van der Waals surface area contributed by atoms with Crippen LogP contribution in [0.25, 0.3) is 0 Å². The van der Waals surface area contributed by atoms with Gasteiger partial charge in [0.05, 0.1) is 18.0 Å². The van der Waals surface area contributed by atoms with Gasteiger partial charge >= 0.3 is 0 Å². The fourth-order valence-corrected chi connectivity index (χ4v) is 7.50. The molecule has 2 aromatic heterocycles. The molecule has 2 saturated heterocycles. The summed E-state index contributed by atoms with van der Waals surface area (Å²) in [7, 11) is 0. The number of halogens is 2. The molecule has 314 valence electrons. The number of rotatable bonds is 11. The van der Waals surface area contributed by atoms with Crippen molar-refractivity contribution in [3.8, 4) is 29.0 Å². The topological polar surface area (TPSA) is 155 Å². The lowest BCUT2D eigenvalue weighted by Gasteiger charge is -2.32. The quantitative estimate of drug-likeness (QED) is 0.0956. The molecule has 0 saturated carbocycles. The van der Waals surface area contributed by atoms with Gasteiger partial charge in [0.1, 0.15) is 40.0 Å². The van der Waals surface area contributed by atoms with E-state index >= 15 is 0 Å². The minimum atomic E-state index is -0.640. The second-order valence-electron chi connectivity index (χ2n) is 14.1. The van der Waals surface area contributed by atoms with Crippen molar-refractivity contribution in [2.24, 2.45) is 0 Å². The number of ether oxygens (including phenoxy) is 2. The number of aromatic hydroxyl groups is 1. The Morgan fingerprint density at radius 2 is 1.22 bits per heavy atom. The Hall–Kier alpha value is -5.71. The average Bonchev–Trinajstić information content (AvgIpc) is 3.25. The van der Waals surface area contributed by atoms with Gasteiger partial charge in [0.2, 0.25) is 11.8 Å². The minimum absolute atomic E-state index is 0.00244. The van der Waals surface area contributed by atoms with Crippen LogP contribution < -0.4 is 25.4 Å². The van der Waals surface area contributed by atoms with Crippen molar-refractivity contribution < 1.29 is 37.7 Å². The van der Waals surface area contributed by atoms with Crippen LogP contribution in [0, 0.1) is 18.6 Å². The minimum Gasteiger partial charge on any atom is -0.507 e. The smallest absolute Gasteiger partial charge is 0.257 e. The van der Waals surface area contributed by atoms with Gasteiger partial charge < -0.3 is 35.4 Å². The molecule has 0 atom stereocenters. The van der Waals surface area contributed by atoms with Crippen molar-refractivity contribution in [2.45, 2.75) is 54.5 Å². The van der Waals surface area contributed by atoms with Crippen molar-refractivity contribution in [1.29, 1.82) is 0 Å². The third kappa shape index (κ3) is 11.9. The van der Waals surface area contributed by atoms with E-state index in [1.54, 1.807) is 58.8 Å². The zero-order valence-corrected chi connectivity index (χ0v) is 35.0. The predicted octanol–water partition coefficient (Wildman–Crippen LogP) is 8.00. The lowest BCUT2D eigenvalue weighted by molar-refractivity contribution is 0.0694. The Morgan fingerprint density at radius 3 is 1.70 bits per heavy atom. The van der Waals surface area contributed by atoms with Crippen LogP contribution in [-0.4, -0.2) is 88.5 Å². The number of phenols is 1. The Labute approximate surface area is 355 Å². The number of nitrogens with one attached hydrogen (secondary N) is 3. The number of carbonyl (C=O) groups excluding carboxylic acids is 3. The van der Waals surface area contributed by atoms with Gasteiger partial charge in [-0.3, -0.25) is 14.4 Å². The Balaban J connectivity index is 0.000000213. The summed E-state index contributed by atoms with van der Waals surface area (Å²) in [6.45, 7) is 4.40. The number of benzene rings is 3. The maximum absolute atomic E-state index is 13.9. The molecule has 0 radical (unpaired) electrons. The molecular weight excluding hydrogens is 811 g/mol. The van der Waals surface area contributed by atoms with E-state index in [0.717, 1.165) is 65.8 Å². The molecule has 0 unspecified atom stereocenters. The third-order valence-corrected chi connectivity index (χ3v) is 11.3. The fraction of sp³-hybridized carbons (Fsp3) is 0.295. The SMILES string of the molecule is CSc1cccc(Oc2ncc(F)cc2C(=O)NC2CCN(C(=O)c3ccc(C)cc3O)CC2)c1.CSc1cccc(Oc2ncc(F)cc2C(=O)NC2CCNCC2)c1. The number of carbonyl (C=O) groups is 3. The first-order valence-electron chi connectivity index (χ1n) is 19.4. The van der Waals surface area contributed by atoms with Crippen molar-refractivity contribution in [3.63, 3.8) is 0 Å². The standard InChI is InChI=1S/C26H26FN3O4S.C18H20FN3O2S/c1-16-6-7-21(23(31)12-16)26(33)30-10-8-18(9-11-30)29-24(32)22-13-17(27)15-28-25(22)34-19-4-3-5-20(14-19)35-2;1-25-15-4-2-3-14(10-15)24-18-16(9-12(19)11-21-18)17(23)22-13-5-7-20-8-6-13/h3-7,12-15,18,31H,8-11H2,1-2H3,(H,29,32);2-4,9-11,13,20H,5-8H2,1H3,(H,22,23). The van der Waals surface area contributed by atoms with E-state index < -0.39 is 17.5 Å². The summed E-state index contributed by atoms with van der Waals surface area (Å²) in [6, 6.07) is 21.9. The van der Waals surface area contributed by atoms with Gasteiger partial charge in [-0.1, -0.05) is 18.2 Å². The van der Waals surface area contributed by atoms with Crippen LogP contribution in [0.3, 0.4) is 0 Å². The van der Waals surface area contributed by atoms with E-state index in [4.69, 9.17) is 9.47 Å². The lowest BCUT2D eigenvalue weighted by atomic mass is 10.0. The molecule has 2 aliphatic heterocycles. The molecule has 60 heavy (non-hydrogen) atoms. The molecule has 3 aromatic carbocycles. The summed E-state index contributed by atoms with van der Waals surface area (Å²) >= 11 is 3.13. The number of piperidine rings is 2. The lowest BCUT2D eigenvalue weighted by Crippen LogP contribution is -2.46. The number of aromatic nitrogens is 2. The highest BCUT2D eigenvalue weighted by Crippen LogP contribution is 2.29. The second-order valence-corrected chi connectivity index (χ2v) is 15.9. The summed E-state index contributed by atoms with van der Waals surface area (Å²) in [5, 5.41) is 19.2. The van der Waals surface area contributed by atoms with Crippen LogP contribution in [0.1, 0.15) is 62.3 Å². The van der Waals surface area contributed by atoms with Gasteiger partial charge in [-0.15, -0.1) is 23.5 Å². The zero-order chi connectivity index (χ0) is 42.6. The number of pyridine rings is 2. The third-order valence-electron chi connectivity index (χ3n) is 9.81. The number of hydrogen-bond donors (Lipinski definition) is 4. The summed E-state index contributed by atoms with van der Waals surface area (Å²) in [4.78, 5) is 50.0. The molecule has 16 heteroatoms. The van der Waals surface area contributed by atoms with E-state index in [-0.39, 0.29) is 58.1 Å². The number of aryl methyl sites for hydroxylation is 1. The number of nitrogens with zero attached hydrogens (tertiary/aromatic N) is 3. The maximum atomic E-state index is 13.9. The van der Waals surface area contributed by atoms with E-state index in [0.29, 0.717) is 37.4 Å². The summed E-state index contributed by atoms with van der Waals surface area (Å²) in [5.41, 5.74) is 1.24. The molecule has 0 spiro atoms. The first-order chi connectivity index (χ1) is 29.0. The van der Waals surface area contributed by atoms with Crippen LogP contribution in [-0.2, 0) is 0 Å². The molecule has 4 N–H and O–H groups in total. The molecule has 7 rings (SSSR count).